The molecule has 2 heterocycles. The highest BCUT2D eigenvalue weighted by Crippen LogP contribution is 2.31. The lowest BCUT2D eigenvalue weighted by molar-refractivity contribution is -0.115. The number of hydrogen-bond donors (Lipinski definition) is 1. The molecule has 0 bridgehead atoms. The van der Waals surface area contributed by atoms with Gasteiger partial charge < -0.3 is 5.32 Å². The van der Waals surface area contributed by atoms with Crippen LogP contribution < -0.4 is 5.32 Å². The van der Waals surface area contributed by atoms with Crippen molar-refractivity contribution in [2.24, 2.45) is 0 Å². The average molecular weight is 290 g/mol. The Morgan fingerprint density at radius 3 is 3.00 bits per heavy atom. The summed E-state index contributed by atoms with van der Waals surface area (Å²) in [6.07, 6.45) is 6.86. The van der Waals surface area contributed by atoms with E-state index in [2.05, 4.69) is 15.4 Å². The molecule has 0 spiro atoms. The van der Waals surface area contributed by atoms with E-state index in [0.29, 0.717) is 12.5 Å². The van der Waals surface area contributed by atoms with E-state index < -0.39 is 0 Å². The number of thiazole rings is 1. The first kappa shape index (κ1) is 13.3. The number of anilines is 1. The van der Waals surface area contributed by atoms with Gasteiger partial charge in [-0.1, -0.05) is 12.8 Å². The third kappa shape index (κ3) is 2.90. The molecule has 0 radical (unpaired) electrons. The van der Waals surface area contributed by atoms with Crippen LogP contribution in [-0.4, -0.2) is 20.7 Å². The van der Waals surface area contributed by atoms with Crippen LogP contribution in [0.2, 0.25) is 0 Å². The second-order valence-electron chi connectivity index (χ2n) is 5.18. The van der Waals surface area contributed by atoms with Gasteiger partial charge in [-0.05, 0) is 19.8 Å². The largest absolute Gasteiger partial charge is 0.311 e. The van der Waals surface area contributed by atoms with Crippen LogP contribution in [0.5, 0.6) is 0 Å². The molecule has 2 aromatic rings. The lowest BCUT2D eigenvalue weighted by atomic mass is 10.2. The smallest absolute Gasteiger partial charge is 0.231 e. The fraction of sp³-hybridized carbons (Fsp3) is 0.500. The first-order valence-electron chi connectivity index (χ1n) is 6.97. The van der Waals surface area contributed by atoms with Crippen LogP contribution in [-0.2, 0) is 11.2 Å². The molecule has 1 aliphatic carbocycles. The second kappa shape index (κ2) is 5.75. The molecule has 0 unspecified atom stereocenters. The molecule has 6 heteroatoms. The summed E-state index contributed by atoms with van der Waals surface area (Å²) in [6, 6.07) is 2.30. The van der Waals surface area contributed by atoms with Gasteiger partial charge in [0.2, 0.25) is 5.91 Å². The van der Waals surface area contributed by atoms with Crippen molar-refractivity contribution in [3.05, 3.63) is 28.3 Å². The SMILES string of the molecule is Cc1nc(CC(=O)Nc2ccnn2C2CCCC2)cs1. The van der Waals surface area contributed by atoms with Crippen molar-refractivity contribution in [2.45, 2.75) is 45.1 Å². The van der Waals surface area contributed by atoms with Crippen LogP contribution in [0.3, 0.4) is 0 Å². The van der Waals surface area contributed by atoms with Crippen LogP contribution in [0.1, 0.15) is 42.4 Å². The minimum absolute atomic E-state index is 0.0324. The molecular weight excluding hydrogens is 272 g/mol. The van der Waals surface area contributed by atoms with Crippen LogP contribution in [0.4, 0.5) is 5.82 Å². The van der Waals surface area contributed by atoms with Crippen molar-refractivity contribution < 1.29 is 4.79 Å². The van der Waals surface area contributed by atoms with E-state index in [1.807, 2.05) is 23.1 Å². The predicted octanol–water partition coefficient (Wildman–Crippen LogP) is 2.94. The lowest BCUT2D eigenvalue weighted by Gasteiger charge is -2.14. The van der Waals surface area contributed by atoms with Gasteiger partial charge in [0.25, 0.3) is 0 Å². The Morgan fingerprint density at radius 1 is 1.50 bits per heavy atom. The zero-order valence-corrected chi connectivity index (χ0v) is 12.3. The van der Waals surface area contributed by atoms with Crippen molar-refractivity contribution in [3.8, 4) is 0 Å². The zero-order chi connectivity index (χ0) is 13.9. The third-order valence-corrected chi connectivity index (χ3v) is 4.44. The highest BCUT2D eigenvalue weighted by Gasteiger charge is 2.20. The highest BCUT2D eigenvalue weighted by atomic mass is 32.1. The standard InChI is InChI=1S/C14H18N4OS/c1-10-16-11(9-20-10)8-14(19)17-13-6-7-15-18(13)12-4-2-3-5-12/h6-7,9,12H,2-5,8H2,1H3,(H,17,19). The normalized spacial score (nSPS) is 15.7. The van der Waals surface area contributed by atoms with Crippen molar-refractivity contribution in [3.63, 3.8) is 0 Å². The quantitative estimate of drug-likeness (QED) is 0.941. The molecule has 0 aromatic carbocycles. The Hall–Kier alpha value is -1.69. The van der Waals surface area contributed by atoms with Crippen LogP contribution in [0.25, 0.3) is 0 Å². The van der Waals surface area contributed by atoms with Crippen LogP contribution >= 0.6 is 11.3 Å². The molecule has 1 aliphatic rings. The number of aryl methyl sites for hydroxylation is 1. The van der Waals surface area contributed by atoms with Crippen molar-refractivity contribution in [1.82, 2.24) is 14.8 Å². The summed E-state index contributed by atoms with van der Waals surface area (Å²) in [6.45, 7) is 1.95. The Morgan fingerprint density at radius 2 is 2.30 bits per heavy atom. The van der Waals surface area contributed by atoms with Gasteiger partial charge >= 0.3 is 0 Å². The molecular formula is C14H18N4OS. The number of aromatic nitrogens is 3. The summed E-state index contributed by atoms with van der Waals surface area (Å²) in [7, 11) is 0. The minimum atomic E-state index is -0.0324. The van der Waals surface area contributed by atoms with E-state index in [1.54, 1.807) is 17.5 Å². The highest BCUT2D eigenvalue weighted by molar-refractivity contribution is 7.09. The van der Waals surface area contributed by atoms with Gasteiger partial charge in [-0.2, -0.15) is 5.10 Å². The molecule has 0 atom stereocenters. The number of nitrogens with one attached hydrogen (secondary N) is 1. The van der Waals surface area contributed by atoms with E-state index in [1.165, 1.54) is 12.8 Å². The van der Waals surface area contributed by atoms with Crippen molar-refractivity contribution in [2.75, 3.05) is 5.32 Å². The fourth-order valence-corrected chi connectivity index (χ4v) is 3.31. The number of amides is 1. The monoisotopic (exact) mass is 290 g/mol. The minimum Gasteiger partial charge on any atom is -0.311 e. The number of hydrogen-bond acceptors (Lipinski definition) is 4. The van der Waals surface area contributed by atoms with Crippen molar-refractivity contribution in [1.29, 1.82) is 0 Å². The zero-order valence-electron chi connectivity index (χ0n) is 11.5. The summed E-state index contributed by atoms with van der Waals surface area (Å²) in [4.78, 5) is 16.4. The molecule has 1 N–H and O–H groups in total. The summed E-state index contributed by atoms with van der Waals surface area (Å²) in [5, 5.41) is 10.2. The maximum Gasteiger partial charge on any atom is 0.231 e. The fourth-order valence-electron chi connectivity index (χ4n) is 2.69. The van der Waals surface area contributed by atoms with Gasteiger partial charge in [0, 0.05) is 11.4 Å². The molecule has 0 saturated heterocycles. The molecule has 106 valence electrons. The summed E-state index contributed by atoms with van der Waals surface area (Å²) < 4.78 is 1.96. The number of nitrogens with zero attached hydrogens (tertiary/aromatic N) is 3. The van der Waals surface area contributed by atoms with E-state index in [0.717, 1.165) is 29.4 Å². The molecule has 1 amide bonds. The number of carbonyl (C=O) groups excluding carboxylic acids is 1. The Kier molecular flexibility index (Phi) is 3.82. The van der Waals surface area contributed by atoms with E-state index in [9.17, 15) is 4.79 Å². The lowest BCUT2D eigenvalue weighted by Crippen LogP contribution is -2.19. The topological polar surface area (TPSA) is 59.8 Å². The predicted molar refractivity (Wildman–Crippen MR) is 78.9 cm³/mol. The molecule has 5 nitrogen and oxygen atoms in total. The van der Waals surface area contributed by atoms with Crippen LogP contribution in [0.15, 0.2) is 17.6 Å². The van der Waals surface area contributed by atoms with E-state index >= 15 is 0 Å². The van der Waals surface area contributed by atoms with Gasteiger partial charge in [0.15, 0.2) is 0 Å². The molecule has 3 rings (SSSR count). The number of carbonyl (C=O) groups is 1. The first-order chi connectivity index (χ1) is 9.72. The summed E-state index contributed by atoms with van der Waals surface area (Å²) >= 11 is 1.57. The molecule has 0 aliphatic heterocycles. The maximum atomic E-state index is 12.1. The summed E-state index contributed by atoms with van der Waals surface area (Å²) in [5.41, 5.74) is 0.830. The van der Waals surface area contributed by atoms with Gasteiger partial charge in [-0.15, -0.1) is 11.3 Å². The van der Waals surface area contributed by atoms with Gasteiger partial charge in [-0.25, -0.2) is 9.67 Å². The Labute approximate surface area is 122 Å². The van der Waals surface area contributed by atoms with E-state index in [4.69, 9.17) is 0 Å². The molecule has 1 saturated carbocycles. The van der Waals surface area contributed by atoms with E-state index in [-0.39, 0.29) is 5.91 Å². The van der Waals surface area contributed by atoms with Crippen molar-refractivity contribution >= 4 is 23.1 Å². The number of rotatable bonds is 4. The maximum absolute atomic E-state index is 12.1. The first-order valence-corrected chi connectivity index (χ1v) is 7.85. The average Bonchev–Trinajstić information content (AvgIpc) is 3.10. The Bertz CT molecular complexity index is 598. The van der Waals surface area contributed by atoms with Gasteiger partial charge in [0.05, 0.1) is 29.4 Å². The molecule has 2 aromatic heterocycles. The summed E-state index contributed by atoms with van der Waals surface area (Å²) in [5.74, 6) is 0.767. The van der Waals surface area contributed by atoms with Gasteiger partial charge in [-0.3, -0.25) is 4.79 Å². The third-order valence-electron chi connectivity index (χ3n) is 3.62. The van der Waals surface area contributed by atoms with Crippen LogP contribution in [0, 0.1) is 6.92 Å². The molecule has 20 heavy (non-hydrogen) atoms. The second-order valence-corrected chi connectivity index (χ2v) is 6.24. The van der Waals surface area contributed by atoms with Gasteiger partial charge in [0.1, 0.15) is 5.82 Å². The Balaban J connectivity index is 1.65. The molecule has 1 fully saturated rings.